The van der Waals surface area contributed by atoms with Crippen LogP contribution in [-0.4, -0.2) is 21.4 Å². The Morgan fingerprint density at radius 3 is 2.52 bits per heavy atom. The fourth-order valence-corrected chi connectivity index (χ4v) is 3.83. The van der Waals surface area contributed by atoms with Crippen molar-refractivity contribution in [3.05, 3.63) is 35.5 Å². The van der Waals surface area contributed by atoms with Gasteiger partial charge >= 0.3 is 6.18 Å². The molecule has 27 heavy (non-hydrogen) atoms. The van der Waals surface area contributed by atoms with Gasteiger partial charge in [-0.2, -0.15) is 18.3 Å². The normalized spacial score (nSPS) is 12.9. The number of carbonyl (C=O) groups excluding carboxylic acids is 1. The largest absolute Gasteiger partial charge is 0.437 e. The van der Waals surface area contributed by atoms with E-state index in [1.807, 2.05) is 13.8 Å². The molecule has 0 spiro atoms. The van der Waals surface area contributed by atoms with Gasteiger partial charge in [0.25, 0.3) is 0 Å². The van der Waals surface area contributed by atoms with Crippen LogP contribution in [-0.2, 0) is 18.0 Å². The molecule has 0 aliphatic heterocycles. The van der Waals surface area contributed by atoms with E-state index in [0.717, 1.165) is 41.4 Å². The zero-order valence-corrected chi connectivity index (χ0v) is 15.7. The summed E-state index contributed by atoms with van der Waals surface area (Å²) < 4.78 is 68.9. The molecule has 148 valence electrons. The average molecular weight is 407 g/mol. The molecule has 0 aliphatic carbocycles. The molecule has 4 nitrogen and oxygen atoms in total. The van der Waals surface area contributed by atoms with Crippen molar-refractivity contribution in [3.63, 3.8) is 0 Å². The van der Waals surface area contributed by atoms with Gasteiger partial charge in [-0.05, 0) is 18.6 Å². The van der Waals surface area contributed by atoms with Crippen LogP contribution in [0, 0.1) is 11.6 Å². The van der Waals surface area contributed by atoms with E-state index < -0.39 is 34.9 Å². The highest BCUT2D eigenvalue weighted by molar-refractivity contribution is 8.00. The smallest absolute Gasteiger partial charge is 0.278 e. The van der Waals surface area contributed by atoms with Gasteiger partial charge in [-0.15, -0.1) is 11.8 Å². The Kier molecular flexibility index (Phi) is 6.50. The molecule has 1 aromatic heterocycles. The molecule has 1 aromatic carbocycles. The van der Waals surface area contributed by atoms with Crippen LogP contribution < -0.4 is 4.90 Å². The van der Waals surface area contributed by atoms with Crippen LogP contribution in [0.3, 0.4) is 0 Å². The van der Waals surface area contributed by atoms with E-state index in [2.05, 4.69) is 5.10 Å². The second-order valence-corrected chi connectivity index (χ2v) is 7.34. The lowest BCUT2D eigenvalue weighted by molar-refractivity contribution is -0.140. The van der Waals surface area contributed by atoms with Crippen molar-refractivity contribution in [2.24, 2.45) is 7.05 Å². The van der Waals surface area contributed by atoms with Gasteiger partial charge < -0.3 is 0 Å². The second kappa shape index (κ2) is 8.28. The molecule has 2 aromatic rings. The molecule has 1 heterocycles. The minimum atomic E-state index is -4.86. The minimum Gasteiger partial charge on any atom is -0.278 e. The Bertz CT molecular complexity index is 822. The maximum atomic E-state index is 14.2. The number of thioether (sulfide) groups is 1. The first-order chi connectivity index (χ1) is 12.6. The van der Waals surface area contributed by atoms with Crippen LogP contribution in [0.2, 0.25) is 0 Å². The van der Waals surface area contributed by atoms with Gasteiger partial charge in [-0.3, -0.25) is 14.4 Å². The third-order valence-corrected chi connectivity index (χ3v) is 5.08. The van der Waals surface area contributed by atoms with Crippen LogP contribution in [0.25, 0.3) is 0 Å². The third kappa shape index (κ3) is 4.60. The number of carbonyl (C=O) groups is 1. The number of anilines is 2. The van der Waals surface area contributed by atoms with Gasteiger partial charge in [0.15, 0.2) is 5.69 Å². The molecule has 0 bridgehead atoms. The number of rotatable bonds is 7. The number of benzene rings is 1. The van der Waals surface area contributed by atoms with Gasteiger partial charge in [0.05, 0.1) is 5.69 Å². The number of hydrogen-bond acceptors (Lipinski definition) is 3. The predicted octanol–water partition coefficient (Wildman–Crippen LogP) is 5.29. The fraction of sp³-hybridized carbons (Fsp3) is 0.412. The first kappa shape index (κ1) is 21.2. The van der Waals surface area contributed by atoms with E-state index in [1.54, 1.807) is 0 Å². The zero-order valence-electron chi connectivity index (χ0n) is 14.8. The summed E-state index contributed by atoms with van der Waals surface area (Å²) in [5.74, 6) is -2.06. The number of amides is 1. The molecule has 0 fully saturated rings. The molecular weight excluding hydrogens is 389 g/mol. The van der Waals surface area contributed by atoms with E-state index in [4.69, 9.17) is 0 Å². The van der Waals surface area contributed by atoms with Gasteiger partial charge in [-0.1, -0.05) is 20.3 Å². The van der Waals surface area contributed by atoms with Crippen molar-refractivity contribution in [2.45, 2.75) is 43.1 Å². The Hall–Kier alpha value is -2.10. The zero-order chi connectivity index (χ0) is 20.4. The molecule has 0 saturated heterocycles. The number of nitrogens with zero attached hydrogens (tertiary/aromatic N) is 3. The topological polar surface area (TPSA) is 38.1 Å². The third-order valence-electron chi connectivity index (χ3n) is 3.76. The number of hydrogen-bond donors (Lipinski definition) is 0. The summed E-state index contributed by atoms with van der Waals surface area (Å²) in [6.45, 7) is 3.77. The van der Waals surface area contributed by atoms with Crippen LogP contribution in [0.1, 0.15) is 32.4 Å². The maximum Gasteiger partial charge on any atom is 0.437 e. The van der Waals surface area contributed by atoms with Crippen molar-refractivity contribution >= 4 is 29.5 Å². The minimum absolute atomic E-state index is 0.0585. The van der Waals surface area contributed by atoms with Crippen molar-refractivity contribution in [2.75, 3.05) is 4.90 Å². The van der Waals surface area contributed by atoms with Crippen molar-refractivity contribution in [1.82, 2.24) is 9.78 Å². The van der Waals surface area contributed by atoms with Crippen molar-refractivity contribution < 1.29 is 26.7 Å². The van der Waals surface area contributed by atoms with Gasteiger partial charge in [-0.25, -0.2) is 8.78 Å². The van der Waals surface area contributed by atoms with E-state index in [1.165, 1.54) is 7.05 Å². The van der Waals surface area contributed by atoms with Gasteiger partial charge in [0.1, 0.15) is 22.3 Å². The predicted molar refractivity (Wildman–Crippen MR) is 93.0 cm³/mol. The molecule has 0 saturated carbocycles. The Balaban J connectivity index is 2.67. The van der Waals surface area contributed by atoms with Crippen molar-refractivity contribution in [1.29, 1.82) is 0 Å². The quantitative estimate of drug-likeness (QED) is 0.356. The van der Waals surface area contributed by atoms with Crippen molar-refractivity contribution in [3.8, 4) is 0 Å². The fourth-order valence-electron chi connectivity index (χ4n) is 2.60. The standard InChI is InChI=1S/C17H18F5N3OS/c1-4-5-10(2)27-16-14(15(17(20,21)22)23-24(16)3)25(9-26)13-7-6-11(18)8-12(13)19/h6-10H,4-5H2,1-3H3. The molecule has 10 heteroatoms. The molecule has 1 unspecified atom stereocenters. The summed E-state index contributed by atoms with van der Waals surface area (Å²) in [5.41, 5.74) is -2.37. The number of aryl methyl sites for hydroxylation is 1. The molecule has 0 N–H and O–H groups in total. The Morgan fingerprint density at radius 2 is 2.00 bits per heavy atom. The SMILES string of the molecule is CCCC(C)Sc1c(N(C=O)c2ccc(F)cc2F)c(C(F)(F)F)nn1C. The van der Waals surface area contributed by atoms with Crippen LogP contribution in [0.5, 0.6) is 0 Å². The second-order valence-electron chi connectivity index (χ2n) is 5.91. The highest BCUT2D eigenvalue weighted by Gasteiger charge is 2.42. The average Bonchev–Trinajstić information content (AvgIpc) is 2.88. The summed E-state index contributed by atoms with van der Waals surface area (Å²) in [6.07, 6.45) is -3.26. The van der Waals surface area contributed by atoms with E-state index in [9.17, 15) is 26.7 Å². The van der Waals surface area contributed by atoms with Gasteiger partial charge in [0.2, 0.25) is 6.41 Å². The van der Waals surface area contributed by atoms with E-state index >= 15 is 0 Å². The summed E-state index contributed by atoms with van der Waals surface area (Å²) in [6, 6.07) is 2.28. The number of halogens is 5. The lowest BCUT2D eigenvalue weighted by Gasteiger charge is -2.21. The van der Waals surface area contributed by atoms with Gasteiger partial charge in [0, 0.05) is 18.4 Å². The van der Waals surface area contributed by atoms with E-state index in [0.29, 0.717) is 11.0 Å². The highest BCUT2D eigenvalue weighted by Crippen LogP contribution is 2.45. The van der Waals surface area contributed by atoms with Crippen LogP contribution in [0.15, 0.2) is 23.2 Å². The Morgan fingerprint density at radius 1 is 1.33 bits per heavy atom. The van der Waals surface area contributed by atoms with E-state index in [-0.39, 0.29) is 16.7 Å². The Labute approximate surface area is 157 Å². The first-order valence-electron chi connectivity index (χ1n) is 8.10. The lowest BCUT2D eigenvalue weighted by atomic mass is 10.2. The summed E-state index contributed by atoms with van der Waals surface area (Å²) in [7, 11) is 1.32. The molecule has 1 atom stereocenters. The first-order valence-corrected chi connectivity index (χ1v) is 8.98. The van der Waals surface area contributed by atoms with Crippen LogP contribution >= 0.6 is 11.8 Å². The molecule has 0 aliphatic rings. The monoisotopic (exact) mass is 407 g/mol. The molecule has 0 radical (unpaired) electrons. The highest BCUT2D eigenvalue weighted by atomic mass is 32.2. The number of alkyl halides is 3. The molecule has 1 amide bonds. The summed E-state index contributed by atoms with van der Waals surface area (Å²) in [5, 5.41) is 3.52. The summed E-state index contributed by atoms with van der Waals surface area (Å²) in [4.78, 5) is 12.2. The summed E-state index contributed by atoms with van der Waals surface area (Å²) >= 11 is 1.11. The number of aromatic nitrogens is 2. The lowest BCUT2D eigenvalue weighted by Crippen LogP contribution is -2.20. The molecular formula is C17H18F5N3OS. The molecule has 2 rings (SSSR count). The maximum absolute atomic E-state index is 14.2. The van der Waals surface area contributed by atoms with Crippen LogP contribution in [0.4, 0.5) is 33.3 Å².